The van der Waals surface area contributed by atoms with E-state index in [0.717, 1.165) is 43.1 Å². The number of nitrogens with zero attached hydrogens (tertiary/aromatic N) is 1. The zero-order valence-corrected chi connectivity index (χ0v) is 10.4. The molecule has 0 atom stereocenters. The molecule has 5 heteroatoms. The van der Waals surface area contributed by atoms with Crippen LogP contribution in [-0.4, -0.2) is 31.8 Å². The second-order valence-electron chi connectivity index (χ2n) is 4.56. The molecule has 0 saturated carbocycles. The molecule has 0 bridgehead atoms. The molecule has 0 aromatic heterocycles. The zero-order chi connectivity index (χ0) is 12.4. The van der Waals surface area contributed by atoms with E-state index in [1.54, 1.807) is 7.11 Å². The molecular weight excluding hydrogens is 230 g/mol. The van der Waals surface area contributed by atoms with Crippen molar-refractivity contribution in [1.82, 2.24) is 10.8 Å². The highest BCUT2D eigenvalue weighted by molar-refractivity contribution is 6.01. The summed E-state index contributed by atoms with van der Waals surface area (Å²) < 4.78 is 5.34. The highest BCUT2D eigenvalue weighted by Gasteiger charge is 2.38. The first kappa shape index (κ1) is 11.5. The van der Waals surface area contributed by atoms with Crippen molar-refractivity contribution >= 4 is 5.84 Å². The SMILES string of the molecule is COc1ccccc1C1=NC2(CCNCC2)ON1. The summed E-state index contributed by atoms with van der Waals surface area (Å²) in [5.41, 5.74) is 3.49. The average molecular weight is 247 g/mol. The molecular formula is C13H17N3O2. The third kappa shape index (κ3) is 1.95. The van der Waals surface area contributed by atoms with Crippen molar-refractivity contribution < 1.29 is 9.57 Å². The van der Waals surface area contributed by atoms with Crippen LogP contribution in [0.25, 0.3) is 0 Å². The van der Waals surface area contributed by atoms with Crippen LogP contribution in [0.4, 0.5) is 0 Å². The summed E-state index contributed by atoms with van der Waals surface area (Å²) in [5, 5.41) is 3.31. The van der Waals surface area contributed by atoms with Gasteiger partial charge in [0.15, 0.2) is 11.6 Å². The van der Waals surface area contributed by atoms with Crippen LogP contribution in [0.2, 0.25) is 0 Å². The molecule has 1 fully saturated rings. The second kappa shape index (κ2) is 4.59. The Balaban J connectivity index is 1.91. The molecule has 0 unspecified atom stereocenters. The maximum absolute atomic E-state index is 5.70. The van der Waals surface area contributed by atoms with Gasteiger partial charge in [-0.05, 0) is 25.2 Å². The summed E-state index contributed by atoms with van der Waals surface area (Å²) in [4.78, 5) is 10.4. The summed E-state index contributed by atoms with van der Waals surface area (Å²) >= 11 is 0. The van der Waals surface area contributed by atoms with E-state index in [4.69, 9.17) is 14.6 Å². The first-order valence-electron chi connectivity index (χ1n) is 6.21. The van der Waals surface area contributed by atoms with Gasteiger partial charge in [0.2, 0.25) is 0 Å². The Morgan fingerprint density at radius 2 is 2.06 bits per heavy atom. The fraction of sp³-hybridized carbons (Fsp3) is 0.462. The van der Waals surface area contributed by atoms with E-state index in [2.05, 4.69) is 10.8 Å². The van der Waals surface area contributed by atoms with E-state index >= 15 is 0 Å². The largest absolute Gasteiger partial charge is 0.496 e. The molecule has 2 N–H and O–H groups in total. The first-order valence-corrected chi connectivity index (χ1v) is 6.21. The van der Waals surface area contributed by atoms with Crippen molar-refractivity contribution in [2.45, 2.75) is 18.6 Å². The summed E-state index contributed by atoms with van der Waals surface area (Å²) in [5.74, 6) is 1.56. The Kier molecular flexibility index (Phi) is 2.93. The van der Waals surface area contributed by atoms with Gasteiger partial charge in [0, 0.05) is 12.8 Å². The van der Waals surface area contributed by atoms with Gasteiger partial charge >= 0.3 is 0 Å². The van der Waals surface area contributed by atoms with Crippen LogP contribution >= 0.6 is 0 Å². The first-order chi connectivity index (χ1) is 8.83. The molecule has 96 valence electrons. The van der Waals surface area contributed by atoms with Crippen molar-refractivity contribution in [3.05, 3.63) is 29.8 Å². The minimum absolute atomic E-state index is 0.401. The lowest BCUT2D eigenvalue weighted by atomic mass is 10.0. The fourth-order valence-electron chi connectivity index (χ4n) is 2.38. The number of ether oxygens (including phenoxy) is 1. The normalized spacial score (nSPS) is 21.5. The van der Waals surface area contributed by atoms with Crippen LogP contribution in [0.1, 0.15) is 18.4 Å². The lowest BCUT2D eigenvalue weighted by Gasteiger charge is -2.28. The van der Waals surface area contributed by atoms with Gasteiger partial charge in [-0.2, -0.15) is 0 Å². The molecule has 2 aliphatic rings. The molecule has 1 aromatic rings. The predicted octanol–water partition coefficient (Wildman–Crippen LogP) is 1.06. The van der Waals surface area contributed by atoms with Gasteiger partial charge in [-0.15, -0.1) is 0 Å². The van der Waals surface area contributed by atoms with E-state index < -0.39 is 5.72 Å². The van der Waals surface area contributed by atoms with Gasteiger partial charge in [0.1, 0.15) is 5.75 Å². The van der Waals surface area contributed by atoms with Gasteiger partial charge in [-0.25, -0.2) is 15.3 Å². The van der Waals surface area contributed by atoms with Crippen molar-refractivity contribution in [2.75, 3.05) is 20.2 Å². The van der Waals surface area contributed by atoms with Crippen LogP contribution in [0, 0.1) is 0 Å². The number of methoxy groups -OCH3 is 1. The number of amidine groups is 1. The van der Waals surface area contributed by atoms with Gasteiger partial charge in [-0.1, -0.05) is 12.1 Å². The number of hydroxylamine groups is 1. The second-order valence-corrected chi connectivity index (χ2v) is 4.56. The van der Waals surface area contributed by atoms with E-state index in [9.17, 15) is 0 Å². The quantitative estimate of drug-likeness (QED) is 0.820. The van der Waals surface area contributed by atoms with Crippen molar-refractivity contribution in [3.8, 4) is 5.75 Å². The molecule has 2 aliphatic heterocycles. The van der Waals surface area contributed by atoms with Gasteiger partial charge in [0.05, 0.1) is 12.7 Å². The molecule has 0 amide bonds. The van der Waals surface area contributed by atoms with E-state index in [0.29, 0.717) is 0 Å². The molecule has 2 heterocycles. The third-order valence-corrected chi connectivity index (χ3v) is 3.40. The minimum atomic E-state index is -0.401. The molecule has 1 aromatic carbocycles. The molecule has 18 heavy (non-hydrogen) atoms. The summed E-state index contributed by atoms with van der Waals surface area (Å²) in [6.07, 6.45) is 1.78. The molecule has 3 rings (SSSR count). The van der Waals surface area contributed by atoms with Gasteiger partial charge in [0.25, 0.3) is 0 Å². The molecule has 1 spiro atoms. The number of nitrogens with one attached hydrogen (secondary N) is 2. The van der Waals surface area contributed by atoms with Gasteiger partial charge in [-0.3, -0.25) is 0 Å². The molecule has 0 aliphatic carbocycles. The minimum Gasteiger partial charge on any atom is -0.496 e. The number of aliphatic imine (C=N–C) groups is 1. The third-order valence-electron chi connectivity index (χ3n) is 3.40. The smallest absolute Gasteiger partial charge is 0.190 e. The number of hydrogen-bond donors (Lipinski definition) is 2. The predicted molar refractivity (Wildman–Crippen MR) is 68.6 cm³/mol. The number of benzene rings is 1. The average Bonchev–Trinajstić information content (AvgIpc) is 2.83. The number of hydrogen-bond acceptors (Lipinski definition) is 5. The number of piperidine rings is 1. The topological polar surface area (TPSA) is 54.9 Å². The van der Waals surface area contributed by atoms with Crippen LogP contribution < -0.4 is 15.5 Å². The maximum atomic E-state index is 5.70. The summed E-state index contributed by atoms with van der Waals surface area (Å²) in [6.45, 7) is 1.87. The Hall–Kier alpha value is -1.59. The van der Waals surface area contributed by atoms with Gasteiger partial charge < -0.3 is 10.1 Å². The Morgan fingerprint density at radius 3 is 2.83 bits per heavy atom. The molecule has 0 radical (unpaired) electrons. The van der Waals surface area contributed by atoms with Crippen molar-refractivity contribution in [2.24, 2.45) is 4.99 Å². The van der Waals surface area contributed by atoms with Crippen molar-refractivity contribution in [1.29, 1.82) is 0 Å². The van der Waals surface area contributed by atoms with Crippen molar-refractivity contribution in [3.63, 3.8) is 0 Å². The highest BCUT2D eigenvalue weighted by atomic mass is 16.7. The van der Waals surface area contributed by atoms with Crippen LogP contribution in [-0.2, 0) is 4.84 Å². The lowest BCUT2D eigenvalue weighted by molar-refractivity contribution is -0.0720. The van der Waals surface area contributed by atoms with E-state index in [1.807, 2.05) is 24.3 Å². The standard InChI is InChI=1S/C13H17N3O2/c1-17-11-5-3-2-4-10(11)12-15-13(18-16-12)6-8-14-9-7-13/h2-5,14H,6-9H2,1H3,(H,15,16). The van der Waals surface area contributed by atoms with Crippen LogP contribution in [0.5, 0.6) is 5.75 Å². The van der Waals surface area contributed by atoms with Crippen LogP contribution in [0.3, 0.4) is 0 Å². The molecule has 1 saturated heterocycles. The lowest BCUT2D eigenvalue weighted by Crippen LogP contribution is -2.41. The van der Waals surface area contributed by atoms with Crippen LogP contribution in [0.15, 0.2) is 29.3 Å². The summed E-state index contributed by atoms with van der Waals surface area (Å²) in [7, 11) is 1.66. The maximum Gasteiger partial charge on any atom is 0.190 e. The van der Waals surface area contributed by atoms with E-state index in [-0.39, 0.29) is 0 Å². The number of para-hydroxylation sites is 1. The monoisotopic (exact) mass is 247 g/mol. The molecule has 5 nitrogen and oxygen atoms in total. The zero-order valence-electron chi connectivity index (χ0n) is 10.4. The fourth-order valence-corrected chi connectivity index (χ4v) is 2.38. The highest BCUT2D eigenvalue weighted by Crippen LogP contribution is 2.30. The summed E-state index contributed by atoms with van der Waals surface area (Å²) in [6, 6.07) is 7.82. The Bertz CT molecular complexity index is 467. The Morgan fingerprint density at radius 1 is 1.28 bits per heavy atom. The van der Waals surface area contributed by atoms with E-state index in [1.165, 1.54) is 0 Å². The Labute approximate surface area is 106 Å². The number of rotatable bonds is 2.